The number of carbonyl (C=O) groups is 2. The van der Waals surface area contributed by atoms with E-state index in [1.165, 1.54) is 6.08 Å². The van der Waals surface area contributed by atoms with Crippen LogP contribution in [-0.2, 0) is 9.59 Å². The average Bonchev–Trinajstić information content (AvgIpc) is 2.68. The van der Waals surface area contributed by atoms with Crippen LogP contribution in [0.2, 0.25) is 5.02 Å². The maximum atomic E-state index is 12.0. The lowest BCUT2D eigenvalue weighted by Crippen LogP contribution is -2.33. The summed E-state index contributed by atoms with van der Waals surface area (Å²) in [6, 6.07) is 14.1. The Morgan fingerprint density at radius 3 is 1.93 bits per heavy atom. The lowest BCUT2D eigenvalue weighted by molar-refractivity contribution is -0.119. The molecule has 0 aliphatic rings. The van der Waals surface area contributed by atoms with Gasteiger partial charge in [0.25, 0.3) is 0 Å². The number of thiocarbonyl (C=S) groups is 2. The highest BCUT2D eigenvalue weighted by Crippen LogP contribution is 2.13. The van der Waals surface area contributed by atoms with Crippen molar-refractivity contribution >= 4 is 75.5 Å². The summed E-state index contributed by atoms with van der Waals surface area (Å²) in [7, 11) is 0. The summed E-state index contributed by atoms with van der Waals surface area (Å²) in [5, 5.41) is 12.0. The van der Waals surface area contributed by atoms with Gasteiger partial charge in [-0.25, -0.2) is 0 Å². The quantitative estimate of drug-likeness (QED) is 0.409. The summed E-state index contributed by atoms with van der Waals surface area (Å²) >= 11 is 16.0. The zero-order chi connectivity index (χ0) is 21.2. The number of hydrogen-bond donors (Lipinski definition) is 4. The second kappa shape index (κ2) is 11.3. The Balaban J connectivity index is 1.82. The summed E-state index contributed by atoms with van der Waals surface area (Å²) in [6.07, 6.45) is 3.40. The highest BCUT2D eigenvalue weighted by Gasteiger charge is 2.04. The summed E-state index contributed by atoms with van der Waals surface area (Å²) in [5.41, 5.74) is 2.24. The van der Waals surface area contributed by atoms with E-state index in [1.807, 2.05) is 0 Å². The number of hydrogen-bond acceptors (Lipinski definition) is 4. The van der Waals surface area contributed by atoms with Crippen LogP contribution in [0.5, 0.6) is 0 Å². The maximum absolute atomic E-state index is 12.0. The van der Waals surface area contributed by atoms with Crippen molar-refractivity contribution in [2.45, 2.75) is 13.3 Å². The molecule has 9 heteroatoms. The van der Waals surface area contributed by atoms with E-state index in [-0.39, 0.29) is 22.0 Å². The maximum Gasteiger partial charge on any atom is 0.250 e. The van der Waals surface area contributed by atoms with Gasteiger partial charge in [0.15, 0.2) is 10.2 Å². The van der Waals surface area contributed by atoms with Crippen LogP contribution in [0.4, 0.5) is 11.4 Å². The van der Waals surface area contributed by atoms with Gasteiger partial charge in [0.05, 0.1) is 0 Å². The van der Waals surface area contributed by atoms with Crippen molar-refractivity contribution in [2.24, 2.45) is 0 Å². The van der Waals surface area contributed by atoms with Gasteiger partial charge in [-0.1, -0.05) is 30.7 Å². The third-order valence-electron chi connectivity index (χ3n) is 3.51. The van der Waals surface area contributed by atoms with Gasteiger partial charge >= 0.3 is 0 Å². The molecule has 0 spiro atoms. The Kier molecular flexibility index (Phi) is 8.72. The van der Waals surface area contributed by atoms with Crippen LogP contribution in [0.1, 0.15) is 18.9 Å². The van der Waals surface area contributed by atoms with Gasteiger partial charge in [-0.3, -0.25) is 14.9 Å². The molecule has 4 N–H and O–H groups in total. The molecule has 29 heavy (non-hydrogen) atoms. The molecule has 2 aromatic carbocycles. The molecule has 150 valence electrons. The fourth-order valence-electron chi connectivity index (χ4n) is 2.08. The van der Waals surface area contributed by atoms with Crippen LogP contribution in [0.25, 0.3) is 6.08 Å². The molecule has 2 aromatic rings. The second-order valence-electron chi connectivity index (χ2n) is 5.76. The fourth-order valence-corrected chi connectivity index (χ4v) is 2.65. The Bertz CT molecular complexity index is 929. The number of rotatable bonds is 5. The monoisotopic (exact) mass is 446 g/mol. The van der Waals surface area contributed by atoms with Crippen molar-refractivity contribution in [1.82, 2.24) is 10.6 Å². The number of nitrogens with one attached hydrogen (secondary N) is 4. The Morgan fingerprint density at radius 1 is 0.897 bits per heavy atom. The van der Waals surface area contributed by atoms with Crippen molar-refractivity contribution in [1.29, 1.82) is 0 Å². The molecule has 0 bridgehead atoms. The third kappa shape index (κ3) is 8.39. The van der Waals surface area contributed by atoms with E-state index in [0.717, 1.165) is 5.56 Å². The van der Waals surface area contributed by atoms with Crippen molar-refractivity contribution in [3.8, 4) is 0 Å². The van der Waals surface area contributed by atoms with E-state index in [2.05, 4.69) is 21.3 Å². The summed E-state index contributed by atoms with van der Waals surface area (Å²) in [4.78, 5) is 23.3. The normalized spacial score (nSPS) is 10.3. The number of carbonyl (C=O) groups excluding carboxylic acids is 2. The van der Waals surface area contributed by atoms with Crippen LogP contribution >= 0.6 is 36.0 Å². The van der Waals surface area contributed by atoms with Gasteiger partial charge in [-0.2, -0.15) is 0 Å². The highest BCUT2D eigenvalue weighted by molar-refractivity contribution is 7.80. The lowest BCUT2D eigenvalue weighted by atomic mass is 10.2. The average molecular weight is 447 g/mol. The summed E-state index contributed by atoms with van der Waals surface area (Å²) in [5.74, 6) is -0.514. The van der Waals surface area contributed by atoms with Gasteiger partial charge in [0, 0.05) is 28.9 Å². The molecule has 0 aliphatic heterocycles. The molecule has 0 atom stereocenters. The Labute approximate surface area is 184 Å². The Hall–Kier alpha value is -2.81. The highest BCUT2D eigenvalue weighted by atomic mass is 35.5. The molecule has 0 radical (unpaired) electrons. The van der Waals surface area contributed by atoms with Gasteiger partial charge in [-0.15, -0.1) is 0 Å². The zero-order valence-corrected chi connectivity index (χ0v) is 17.9. The molecular formula is C20H19ClN4O2S2. The molecule has 0 aliphatic carbocycles. The largest absolute Gasteiger partial charge is 0.332 e. The van der Waals surface area contributed by atoms with Gasteiger partial charge < -0.3 is 16.0 Å². The molecule has 0 saturated heterocycles. The molecule has 0 saturated carbocycles. The molecule has 0 aromatic heterocycles. The smallest absolute Gasteiger partial charge is 0.250 e. The zero-order valence-electron chi connectivity index (χ0n) is 15.5. The molecule has 0 heterocycles. The fraction of sp³-hybridized carbons (Fsp3) is 0.100. The van der Waals surface area contributed by atoms with E-state index >= 15 is 0 Å². The number of halogens is 1. The number of benzene rings is 2. The second-order valence-corrected chi connectivity index (χ2v) is 7.01. The van der Waals surface area contributed by atoms with E-state index in [0.29, 0.717) is 22.8 Å². The minimum Gasteiger partial charge on any atom is -0.332 e. The van der Waals surface area contributed by atoms with Gasteiger partial charge in [-0.05, 0) is 72.5 Å². The van der Waals surface area contributed by atoms with Crippen LogP contribution in [0.3, 0.4) is 0 Å². The van der Waals surface area contributed by atoms with Crippen LogP contribution in [0.15, 0.2) is 54.6 Å². The molecule has 0 fully saturated rings. The predicted octanol–water partition coefficient (Wildman–Crippen LogP) is 4.09. The van der Waals surface area contributed by atoms with Gasteiger partial charge in [0.2, 0.25) is 11.8 Å². The standard InChI is InChI=1S/C20H19ClN4O2S2/c1-2-17(26)24-19(28)22-15-8-10-16(11-9-15)23-20(29)25-18(27)12-5-13-3-6-14(21)7-4-13/h3-12H,2H2,1H3,(H2,22,24,26,28)(H2,23,25,27,29). The molecule has 2 rings (SSSR count). The number of amides is 2. The van der Waals surface area contributed by atoms with Crippen molar-refractivity contribution in [3.63, 3.8) is 0 Å². The van der Waals surface area contributed by atoms with Crippen LogP contribution in [0, 0.1) is 0 Å². The third-order valence-corrected chi connectivity index (χ3v) is 4.17. The van der Waals surface area contributed by atoms with E-state index < -0.39 is 0 Å². The minimum atomic E-state index is -0.354. The lowest BCUT2D eigenvalue weighted by Gasteiger charge is -2.11. The van der Waals surface area contributed by atoms with Crippen molar-refractivity contribution in [2.75, 3.05) is 10.6 Å². The Morgan fingerprint density at radius 2 is 1.41 bits per heavy atom. The predicted molar refractivity (Wildman–Crippen MR) is 126 cm³/mol. The molecular weight excluding hydrogens is 428 g/mol. The summed E-state index contributed by atoms with van der Waals surface area (Å²) < 4.78 is 0. The first-order valence-electron chi connectivity index (χ1n) is 8.62. The first-order chi connectivity index (χ1) is 13.9. The molecule has 6 nitrogen and oxygen atoms in total. The molecule has 0 unspecified atom stereocenters. The van der Waals surface area contributed by atoms with E-state index in [4.69, 9.17) is 36.0 Å². The topological polar surface area (TPSA) is 82.3 Å². The molecule has 2 amide bonds. The number of anilines is 2. The van der Waals surface area contributed by atoms with Gasteiger partial charge in [0.1, 0.15) is 0 Å². The first-order valence-corrected chi connectivity index (χ1v) is 9.81. The summed E-state index contributed by atoms with van der Waals surface area (Å²) in [6.45, 7) is 1.74. The van der Waals surface area contributed by atoms with Crippen LogP contribution < -0.4 is 21.3 Å². The van der Waals surface area contributed by atoms with Crippen LogP contribution in [-0.4, -0.2) is 22.0 Å². The van der Waals surface area contributed by atoms with E-state index in [9.17, 15) is 9.59 Å². The van der Waals surface area contributed by atoms with E-state index in [1.54, 1.807) is 61.5 Å². The minimum absolute atomic E-state index is 0.160. The first kappa shape index (κ1) is 22.5. The SMILES string of the molecule is CCC(=O)NC(=S)Nc1ccc(NC(=S)NC(=O)C=Cc2ccc(Cl)cc2)cc1. The van der Waals surface area contributed by atoms with Crippen molar-refractivity contribution in [3.05, 3.63) is 65.2 Å². The van der Waals surface area contributed by atoms with Crippen molar-refractivity contribution < 1.29 is 9.59 Å².